The zero-order valence-corrected chi connectivity index (χ0v) is 19.4. The Morgan fingerprint density at radius 2 is 0.895 bits per heavy atom. The maximum absolute atomic E-state index is 2.48. The van der Waals surface area contributed by atoms with Crippen molar-refractivity contribution in [3.8, 4) is 0 Å². The minimum Gasteiger partial charge on any atom is -0.114 e. The van der Waals surface area contributed by atoms with Gasteiger partial charge in [0, 0.05) is 0 Å². The summed E-state index contributed by atoms with van der Waals surface area (Å²) >= 11 is 0. The monoisotopic (exact) mass is 436 g/mol. The van der Waals surface area contributed by atoms with Crippen LogP contribution in [0.1, 0.15) is 68.2 Å². The highest BCUT2D eigenvalue weighted by Gasteiger charge is 2.26. The maximum atomic E-state index is 2.48. The minimum atomic E-state index is 0. The van der Waals surface area contributed by atoms with E-state index in [1.54, 1.807) is 5.90 Å². The van der Waals surface area contributed by atoms with Crippen LogP contribution in [0.3, 0.4) is 0 Å². The first-order chi connectivity index (χ1) is 7.84. The van der Waals surface area contributed by atoms with E-state index >= 15 is 0 Å². The topological polar surface area (TPSA) is 0 Å². The number of hydrogen-bond donors (Lipinski definition) is 0. The molecule has 0 rings (SSSR count). The second kappa shape index (κ2) is 13.5. The standard InChI is InChI=1S/C15H34P2.2BrH/c1-9-14(7)16(12(3)4)11-17(13(5)6)15(8)10-2;;/h12-15H,9-11H2,1-8H3;2*1H. The van der Waals surface area contributed by atoms with E-state index in [0.29, 0.717) is 0 Å². The zero-order valence-electron chi connectivity index (χ0n) is 14.1. The number of rotatable bonds is 8. The molecule has 4 unspecified atom stereocenters. The molecule has 0 bridgehead atoms. The van der Waals surface area contributed by atoms with Crippen LogP contribution in [-0.2, 0) is 0 Å². The number of hydrogen-bond acceptors (Lipinski definition) is 0. The average molecular weight is 438 g/mol. The van der Waals surface area contributed by atoms with E-state index in [9.17, 15) is 0 Å². The molecule has 4 atom stereocenters. The van der Waals surface area contributed by atoms with Crippen LogP contribution in [0.4, 0.5) is 0 Å². The van der Waals surface area contributed by atoms with Crippen LogP contribution in [0.25, 0.3) is 0 Å². The van der Waals surface area contributed by atoms with Crippen molar-refractivity contribution in [3.63, 3.8) is 0 Å². The molecule has 0 nitrogen and oxygen atoms in total. The number of halogens is 2. The highest BCUT2D eigenvalue weighted by Crippen LogP contribution is 2.61. The first kappa shape index (κ1) is 25.8. The van der Waals surface area contributed by atoms with Crippen LogP contribution in [0.5, 0.6) is 0 Å². The summed E-state index contributed by atoms with van der Waals surface area (Å²) in [6.07, 6.45) is 2.73. The molecule has 0 aliphatic rings. The predicted octanol–water partition coefficient (Wildman–Crippen LogP) is 7.48. The summed E-state index contributed by atoms with van der Waals surface area (Å²) in [5.74, 6) is 1.56. The second-order valence-corrected chi connectivity index (χ2v) is 12.9. The van der Waals surface area contributed by atoms with Crippen molar-refractivity contribution in [3.05, 3.63) is 0 Å². The van der Waals surface area contributed by atoms with Crippen molar-refractivity contribution in [2.75, 3.05) is 5.90 Å². The molecule has 0 aromatic carbocycles. The van der Waals surface area contributed by atoms with Crippen LogP contribution in [-0.4, -0.2) is 28.5 Å². The Labute approximate surface area is 146 Å². The molecule has 0 N–H and O–H groups in total. The van der Waals surface area contributed by atoms with Crippen LogP contribution >= 0.6 is 49.8 Å². The largest absolute Gasteiger partial charge is 0.114 e. The van der Waals surface area contributed by atoms with Crippen LogP contribution in [0.2, 0.25) is 0 Å². The van der Waals surface area contributed by atoms with Gasteiger partial charge in [0.2, 0.25) is 0 Å². The van der Waals surface area contributed by atoms with Crippen molar-refractivity contribution in [2.24, 2.45) is 0 Å². The maximum Gasteiger partial charge on any atom is -0.0111 e. The second-order valence-electron chi connectivity index (χ2n) is 5.87. The van der Waals surface area contributed by atoms with Crippen molar-refractivity contribution < 1.29 is 0 Å². The Hall–Kier alpha value is 1.82. The molecule has 0 fully saturated rings. The van der Waals surface area contributed by atoms with E-state index in [1.807, 2.05) is 0 Å². The third-order valence-electron chi connectivity index (χ3n) is 3.97. The van der Waals surface area contributed by atoms with Crippen LogP contribution < -0.4 is 0 Å². The van der Waals surface area contributed by atoms with Gasteiger partial charge < -0.3 is 0 Å². The van der Waals surface area contributed by atoms with Crippen molar-refractivity contribution in [1.29, 1.82) is 0 Å². The van der Waals surface area contributed by atoms with E-state index < -0.39 is 0 Å². The van der Waals surface area contributed by atoms with E-state index in [2.05, 4.69) is 55.4 Å². The summed E-state index contributed by atoms with van der Waals surface area (Å²) < 4.78 is 0. The van der Waals surface area contributed by atoms with Crippen LogP contribution in [0, 0.1) is 0 Å². The lowest BCUT2D eigenvalue weighted by molar-refractivity contribution is 0.863. The molecule has 0 heterocycles. The molecule has 0 aliphatic carbocycles. The minimum absolute atomic E-state index is 0. The van der Waals surface area contributed by atoms with Gasteiger partial charge in [-0.15, -0.1) is 34.0 Å². The Morgan fingerprint density at radius 3 is 1.05 bits per heavy atom. The molecule has 0 radical (unpaired) electrons. The third-order valence-corrected chi connectivity index (χ3v) is 12.2. The molecule has 0 aliphatic heterocycles. The van der Waals surface area contributed by atoms with Gasteiger partial charge in [0.1, 0.15) is 0 Å². The quantitative estimate of drug-likeness (QED) is 0.345. The molecule has 0 spiro atoms. The summed E-state index contributed by atoms with van der Waals surface area (Å²) in [7, 11) is 0.476. The van der Waals surface area contributed by atoms with Gasteiger partial charge in [-0.05, 0) is 41.4 Å². The Morgan fingerprint density at radius 1 is 0.632 bits per heavy atom. The van der Waals surface area contributed by atoms with Crippen molar-refractivity contribution >= 4 is 49.8 Å². The van der Waals surface area contributed by atoms with Gasteiger partial charge in [-0.2, -0.15) is 0 Å². The van der Waals surface area contributed by atoms with Gasteiger partial charge in [-0.1, -0.05) is 71.2 Å². The van der Waals surface area contributed by atoms with E-state index in [0.717, 1.165) is 22.6 Å². The Bertz CT molecular complexity index is 179. The average Bonchev–Trinajstić information content (AvgIpc) is 2.27. The molecule has 0 saturated heterocycles. The first-order valence-corrected chi connectivity index (χ1v) is 10.7. The summed E-state index contributed by atoms with van der Waals surface area (Å²) in [5, 5.41) is 0. The molecular formula is C15H36Br2P2. The van der Waals surface area contributed by atoms with Gasteiger partial charge in [-0.3, -0.25) is 0 Å². The molecular weight excluding hydrogens is 402 g/mol. The molecule has 0 amide bonds. The van der Waals surface area contributed by atoms with E-state index in [1.165, 1.54) is 12.8 Å². The lowest BCUT2D eigenvalue weighted by Crippen LogP contribution is -2.14. The van der Waals surface area contributed by atoms with Gasteiger partial charge >= 0.3 is 0 Å². The highest BCUT2D eigenvalue weighted by molar-refractivity contribution is 8.93. The Balaban J connectivity index is -0.00000128. The van der Waals surface area contributed by atoms with Crippen LogP contribution in [0.15, 0.2) is 0 Å². The highest BCUT2D eigenvalue weighted by atomic mass is 79.9. The summed E-state index contributed by atoms with van der Waals surface area (Å²) in [6, 6.07) is 0. The first-order valence-electron chi connectivity index (χ1n) is 7.36. The van der Waals surface area contributed by atoms with Gasteiger partial charge in [0.25, 0.3) is 0 Å². The van der Waals surface area contributed by atoms with Gasteiger partial charge in [0.15, 0.2) is 0 Å². The van der Waals surface area contributed by atoms with Crippen molar-refractivity contribution in [2.45, 2.75) is 90.9 Å². The van der Waals surface area contributed by atoms with Gasteiger partial charge in [0.05, 0.1) is 0 Å². The lowest BCUT2D eigenvalue weighted by Gasteiger charge is -2.36. The normalized spacial score (nSPS) is 17.4. The predicted molar refractivity (Wildman–Crippen MR) is 109 cm³/mol. The van der Waals surface area contributed by atoms with Gasteiger partial charge in [-0.25, -0.2) is 0 Å². The molecule has 19 heavy (non-hydrogen) atoms. The molecule has 0 saturated carbocycles. The molecule has 120 valence electrons. The van der Waals surface area contributed by atoms with Crippen molar-refractivity contribution in [1.82, 2.24) is 0 Å². The molecule has 0 aromatic heterocycles. The Kier molecular flexibility index (Phi) is 18.3. The summed E-state index contributed by atoms with van der Waals surface area (Å²) in [6.45, 7) is 19.5. The van der Waals surface area contributed by atoms with E-state index in [-0.39, 0.29) is 49.8 Å². The zero-order chi connectivity index (χ0) is 13.6. The third kappa shape index (κ3) is 9.44. The molecule has 4 heteroatoms. The fourth-order valence-corrected chi connectivity index (χ4v) is 11.6. The fourth-order valence-electron chi connectivity index (χ4n) is 2.28. The lowest BCUT2D eigenvalue weighted by atomic mass is 10.4. The molecule has 0 aromatic rings. The summed E-state index contributed by atoms with van der Waals surface area (Å²) in [5.41, 5.74) is 3.73. The van der Waals surface area contributed by atoms with E-state index in [4.69, 9.17) is 0 Å². The summed E-state index contributed by atoms with van der Waals surface area (Å²) in [4.78, 5) is 0. The fraction of sp³-hybridized carbons (Fsp3) is 1.00. The SMILES string of the molecule is Br.Br.CCC(C)P(CP(C(C)C)C(C)CC)C(C)C. The smallest absolute Gasteiger partial charge is 0.0111 e.